The summed E-state index contributed by atoms with van der Waals surface area (Å²) in [6.07, 6.45) is 0.778. The highest BCUT2D eigenvalue weighted by Gasteiger charge is 2.49. The number of benzene rings is 2. The maximum Gasteiger partial charge on any atom is 0.303 e. The maximum absolute atomic E-state index is 15.4. The Labute approximate surface area is 220 Å². The number of hydrogen-bond acceptors (Lipinski definition) is 7. The number of aryl methyl sites for hydroxylation is 1. The fraction of sp³-hybridized carbons (Fsp3) is 0.500. The number of rotatable bonds is 9. The number of alkyl halides is 2. The van der Waals surface area contributed by atoms with Crippen molar-refractivity contribution >= 4 is 16.7 Å². The van der Waals surface area contributed by atoms with Gasteiger partial charge in [-0.1, -0.05) is 12.1 Å². The van der Waals surface area contributed by atoms with Crippen LogP contribution in [0.25, 0.3) is 10.9 Å². The lowest BCUT2D eigenvalue weighted by Gasteiger charge is -2.30. The predicted molar refractivity (Wildman–Crippen MR) is 138 cm³/mol. The Hall–Kier alpha value is -3.11. The van der Waals surface area contributed by atoms with E-state index in [0.717, 1.165) is 26.3 Å². The van der Waals surface area contributed by atoms with E-state index in [4.69, 9.17) is 14.2 Å². The largest absolute Gasteiger partial charge is 0.493 e. The number of anilines is 1. The number of fused-ring (bicyclic) bond motifs is 1. The number of hydrogen-bond donors (Lipinski definition) is 2. The van der Waals surface area contributed by atoms with Crippen molar-refractivity contribution in [3.05, 3.63) is 53.1 Å². The summed E-state index contributed by atoms with van der Waals surface area (Å²) in [6, 6.07) is 6.53. The lowest BCUT2D eigenvalue weighted by atomic mass is 9.91. The first kappa shape index (κ1) is 27.9. The number of methoxy groups -OCH3 is 1. The van der Waals surface area contributed by atoms with E-state index in [1.54, 1.807) is 33.1 Å². The molecule has 38 heavy (non-hydrogen) atoms. The van der Waals surface area contributed by atoms with E-state index in [0.29, 0.717) is 47.3 Å². The van der Waals surface area contributed by atoms with Crippen molar-refractivity contribution in [2.24, 2.45) is 5.92 Å². The number of nitrogens with zero attached hydrogens (tertiary/aromatic N) is 2. The van der Waals surface area contributed by atoms with Crippen LogP contribution in [0.4, 0.5) is 19.0 Å². The molecule has 1 fully saturated rings. The topological polar surface area (TPSA) is 85.7 Å². The monoisotopic (exact) mass is 533 g/mol. The van der Waals surface area contributed by atoms with Gasteiger partial charge in [-0.2, -0.15) is 8.78 Å². The summed E-state index contributed by atoms with van der Waals surface area (Å²) in [7, 11) is 1.55. The van der Waals surface area contributed by atoms with E-state index in [1.165, 1.54) is 12.1 Å². The van der Waals surface area contributed by atoms with E-state index in [2.05, 4.69) is 15.3 Å². The molecule has 1 aliphatic rings. The third-order valence-electron chi connectivity index (χ3n) is 6.99. The van der Waals surface area contributed by atoms with Gasteiger partial charge < -0.3 is 24.6 Å². The fourth-order valence-corrected chi connectivity index (χ4v) is 4.57. The van der Waals surface area contributed by atoms with Gasteiger partial charge in [-0.15, -0.1) is 0 Å². The smallest absolute Gasteiger partial charge is 0.303 e. The normalized spacial score (nSPS) is 17.9. The Balaban J connectivity index is 1.71. The molecule has 10 heteroatoms. The molecule has 2 heterocycles. The molecule has 0 amide bonds. The number of aromatic nitrogens is 2. The lowest BCUT2D eigenvalue weighted by molar-refractivity contribution is -0.170. The second kappa shape index (κ2) is 10.6. The van der Waals surface area contributed by atoms with Crippen molar-refractivity contribution in [2.75, 3.05) is 25.6 Å². The highest BCUT2D eigenvalue weighted by Crippen LogP contribution is 2.42. The van der Waals surface area contributed by atoms with Crippen LogP contribution >= 0.6 is 0 Å². The van der Waals surface area contributed by atoms with Crippen LogP contribution in [0.3, 0.4) is 0 Å². The Morgan fingerprint density at radius 2 is 1.89 bits per heavy atom. The molecule has 3 aromatic rings. The van der Waals surface area contributed by atoms with Gasteiger partial charge in [0, 0.05) is 29.5 Å². The van der Waals surface area contributed by atoms with Crippen molar-refractivity contribution in [1.82, 2.24) is 9.97 Å². The molecule has 0 saturated carbocycles. The Bertz CT molecular complexity index is 1310. The van der Waals surface area contributed by atoms with Gasteiger partial charge in [0.25, 0.3) is 0 Å². The Morgan fingerprint density at radius 3 is 2.53 bits per heavy atom. The molecule has 3 atom stereocenters. The van der Waals surface area contributed by atoms with Crippen molar-refractivity contribution < 1.29 is 32.5 Å². The van der Waals surface area contributed by atoms with E-state index in [9.17, 15) is 13.9 Å². The quantitative estimate of drug-likeness (QED) is 0.353. The van der Waals surface area contributed by atoms with E-state index >= 15 is 4.39 Å². The van der Waals surface area contributed by atoms with Crippen LogP contribution in [-0.2, 0) is 10.7 Å². The molecule has 2 N–H and O–H groups in total. The van der Waals surface area contributed by atoms with Gasteiger partial charge in [-0.05, 0) is 53.2 Å². The molecule has 1 aromatic heterocycles. The van der Waals surface area contributed by atoms with Crippen LogP contribution < -0.4 is 14.8 Å². The third kappa shape index (κ3) is 5.37. The number of halogens is 3. The Kier molecular flexibility index (Phi) is 7.76. The van der Waals surface area contributed by atoms with Crippen molar-refractivity contribution in [1.29, 1.82) is 0 Å². The van der Waals surface area contributed by atoms with Gasteiger partial charge in [0.1, 0.15) is 29.2 Å². The molecule has 4 rings (SSSR count). The molecule has 0 aliphatic carbocycles. The first-order valence-electron chi connectivity index (χ1n) is 12.6. The zero-order valence-electron chi connectivity index (χ0n) is 22.4. The summed E-state index contributed by atoms with van der Waals surface area (Å²) in [4.78, 5) is 9.02. The van der Waals surface area contributed by atoms with Crippen LogP contribution in [0.5, 0.6) is 11.5 Å². The van der Waals surface area contributed by atoms with Gasteiger partial charge >= 0.3 is 5.92 Å². The molecule has 1 saturated heterocycles. The molecular formula is C28H34F3N3O4. The van der Waals surface area contributed by atoms with E-state index in [-0.39, 0.29) is 17.6 Å². The third-order valence-corrected chi connectivity index (χ3v) is 6.99. The van der Waals surface area contributed by atoms with Crippen LogP contribution in [0.2, 0.25) is 0 Å². The average Bonchev–Trinajstić information content (AvgIpc) is 3.38. The standard InChI is InChI=1S/C28H34F3N3O4/c1-15(19-8-7-9-21(25(19)29)28(30,31)27(4,5)35)32-26-20-12-24(38-16(2)18-10-11-37-14-18)23(36-6)13-22(20)33-17(3)34-26/h7-9,12-13,15-16,18,35H,10-11,14H2,1-6H3,(H,32,33,34)/t15-,16?,18-/m1/s1. The summed E-state index contributed by atoms with van der Waals surface area (Å²) in [5.41, 5.74) is -2.72. The second-order valence-corrected chi connectivity index (χ2v) is 10.3. The molecular weight excluding hydrogens is 499 g/mol. The fourth-order valence-electron chi connectivity index (χ4n) is 4.57. The van der Waals surface area contributed by atoms with Crippen LogP contribution in [0.1, 0.15) is 57.1 Å². The highest BCUT2D eigenvalue weighted by molar-refractivity contribution is 5.92. The van der Waals surface area contributed by atoms with Crippen LogP contribution in [0.15, 0.2) is 30.3 Å². The first-order chi connectivity index (χ1) is 17.8. The first-order valence-corrected chi connectivity index (χ1v) is 12.6. The van der Waals surface area contributed by atoms with Gasteiger partial charge in [0.15, 0.2) is 11.5 Å². The molecule has 0 spiro atoms. The molecule has 206 valence electrons. The van der Waals surface area contributed by atoms with Gasteiger partial charge in [0.05, 0.1) is 30.8 Å². The number of aliphatic hydroxyl groups is 1. The zero-order chi connectivity index (χ0) is 27.8. The molecule has 0 bridgehead atoms. The van der Waals surface area contributed by atoms with Crippen LogP contribution in [-0.4, -0.2) is 47.1 Å². The van der Waals surface area contributed by atoms with Crippen molar-refractivity contribution in [3.8, 4) is 11.5 Å². The molecule has 1 aliphatic heterocycles. The summed E-state index contributed by atoms with van der Waals surface area (Å²) >= 11 is 0. The van der Waals surface area contributed by atoms with Crippen molar-refractivity contribution in [2.45, 2.75) is 64.7 Å². The van der Waals surface area contributed by atoms with Crippen LogP contribution in [0, 0.1) is 18.7 Å². The minimum absolute atomic E-state index is 0.00989. The zero-order valence-corrected chi connectivity index (χ0v) is 22.4. The number of nitrogens with one attached hydrogen (secondary N) is 1. The predicted octanol–water partition coefficient (Wildman–Crippen LogP) is 5.93. The molecule has 2 aromatic carbocycles. The van der Waals surface area contributed by atoms with Gasteiger partial charge in [0.2, 0.25) is 0 Å². The summed E-state index contributed by atoms with van der Waals surface area (Å²) in [5.74, 6) is -2.78. The minimum atomic E-state index is -3.80. The van der Waals surface area contributed by atoms with E-state index in [1.807, 2.05) is 6.92 Å². The summed E-state index contributed by atoms with van der Waals surface area (Å²) in [5, 5.41) is 13.7. The Morgan fingerprint density at radius 1 is 1.16 bits per heavy atom. The van der Waals surface area contributed by atoms with Gasteiger partial charge in [-0.3, -0.25) is 0 Å². The van der Waals surface area contributed by atoms with Crippen molar-refractivity contribution in [3.63, 3.8) is 0 Å². The minimum Gasteiger partial charge on any atom is -0.493 e. The maximum atomic E-state index is 15.4. The molecule has 0 radical (unpaired) electrons. The number of ether oxygens (including phenoxy) is 3. The SMILES string of the molecule is COc1cc2nc(C)nc(N[C@H](C)c3cccc(C(F)(F)C(C)(C)O)c3F)c2cc1OC(C)[C@@H]1CCOC1. The summed E-state index contributed by atoms with van der Waals surface area (Å²) < 4.78 is 62.3. The second-order valence-electron chi connectivity index (χ2n) is 10.3. The molecule has 7 nitrogen and oxygen atoms in total. The lowest BCUT2D eigenvalue weighted by Crippen LogP contribution is -2.41. The van der Waals surface area contributed by atoms with E-state index < -0.39 is 28.9 Å². The highest BCUT2D eigenvalue weighted by atomic mass is 19.3. The van der Waals surface area contributed by atoms with Gasteiger partial charge in [-0.25, -0.2) is 14.4 Å². The average molecular weight is 534 g/mol. The summed E-state index contributed by atoms with van der Waals surface area (Å²) in [6.45, 7) is 8.58. The molecule has 1 unspecified atom stereocenters.